The van der Waals surface area contributed by atoms with Crippen LogP contribution in [0.4, 0.5) is 0 Å². The summed E-state index contributed by atoms with van der Waals surface area (Å²) in [6, 6.07) is 6.73. The van der Waals surface area contributed by atoms with Crippen molar-refractivity contribution in [2.45, 2.75) is 11.4 Å². The molecule has 1 amide bonds. The van der Waals surface area contributed by atoms with Gasteiger partial charge < -0.3 is 14.4 Å². The van der Waals surface area contributed by atoms with Crippen LogP contribution < -0.4 is 9.47 Å². The van der Waals surface area contributed by atoms with Gasteiger partial charge in [0.15, 0.2) is 11.5 Å². The van der Waals surface area contributed by atoms with Crippen molar-refractivity contribution < 1.29 is 22.7 Å². The molecule has 0 spiro atoms. The van der Waals surface area contributed by atoms with Crippen molar-refractivity contribution in [1.82, 2.24) is 14.1 Å². The summed E-state index contributed by atoms with van der Waals surface area (Å²) in [6.45, 7) is 3.20. The van der Waals surface area contributed by atoms with E-state index in [0.717, 1.165) is 0 Å². The Morgan fingerprint density at radius 2 is 1.83 bits per heavy atom. The molecule has 10 heteroatoms. The summed E-state index contributed by atoms with van der Waals surface area (Å²) in [7, 11) is -1.74. The van der Waals surface area contributed by atoms with Crippen molar-refractivity contribution in [3.63, 3.8) is 0 Å². The van der Waals surface area contributed by atoms with Gasteiger partial charge in [0, 0.05) is 38.8 Å². The van der Waals surface area contributed by atoms with Crippen LogP contribution in [-0.2, 0) is 21.4 Å². The van der Waals surface area contributed by atoms with Gasteiger partial charge in [0.05, 0.1) is 11.4 Å². The molecule has 1 saturated heterocycles. The highest BCUT2D eigenvalue weighted by molar-refractivity contribution is 7.89. The number of hydrogen-bond donors (Lipinski definition) is 0. The van der Waals surface area contributed by atoms with Gasteiger partial charge in [-0.25, -0.2) is 8.42 Å². The van der Waals surface area contributed by atoms with E-state index in [9.17, 15) is 13.2 Å². The third-order valence-electron chi connectivity index (χ3n) is 5.18. The zero-order valence-corrected chi connectivity index (χ0v) is 18.5. The molecule has 1 fully saturated rings. The van der Waals surface area contributed by atoms with Gasteiger partial charge in [-0.3, -0.25) is 9.69 Å². The molecule has 0 unspecified atom stereocenters. The van der Waals surface area contributed by atoms with Crippen LogP contribution in [-0.4, -0.2) is 81.4 Å². The lowest BCUT2D eigenvalue weighted by atomic mass is 10.3. The van der Waals surface area contributed by atoms with E-state index < -0.39 is 10.0 Å². The average Bonchev–Trinajstić information content (AvgIpc) is 3.26. The van der Waals surface area contributed by atoms with E-state index >= 15 is 0 Å². The zero-order chi connectivity index (χ0) is 21.1. The van der Waals surface area contributed by atoms with Crippen LogP contribution in [0.3, 0.4) is 0 Å². The van der Waals surface area contributed by atoms with E-state index in [0.29, 0.717) is 50.9 Å². The summed E-state index contributed by atoms with van der Waals surface area (Å²) in [4.78, 5) is 16.5. The minimum Gasteiger partial charge on any atom is -0.486 e. The number of fused-ring (bicyclic) bond motifs is 1. The Labute approximate surface area is 180 Å². The summed E-state index contributed by atoms with van der Waals surface area (Å²) >= 11 is 1.64. The Balaban J connectivity index is 1.33. The highest BCUT2D eigenvalue weighted by Gasteiger charge is 2.31. The monoisotopic (exact) mass is 451 g/mol. The Bertz CT molecular complexity index is 986. The molecule has 30 heavy (non-hydrogen) atoms. The van der Waals surface area contributed by atoms with Gasteiger partial charge in [-0.1, -0.05) is 0 Å². The standard InChI is InChI=1S/C20H25N3O5S2/c1-21(13-16-4-11-29-15-16)14-20(24)22-5-7-23(8-6-22)30(25,26)17-2-3-18-19(12-17)28-10-9-27-18/h2-4,11-12,15H,5-10,13-14H2,1H3. The molecule has 162 valence electrons. The number of carbonyl (C=O) groups excluding carboxylic acids is 1. The number of hydrogen-bond acceptors (Lipinski definition) is 7. The van der Waals surface area contributed by atoms with E-state index in [1.54, 1.807) is 28.4 Å². The molecule has 0 N–H and O–H groups in total. The van der Waals surface area contributed by atoms with Gasteiger partial charge in [0.1, 0.15) is 13.2 Å². The fourth-order valence-corrected chi connectivity index (χ4v) is 5.69. The van der Waals surface area contributed by atoms with E-state index in [1.165, 1.54) is 15.9 Å². The van der Waals surface area contributed by atoms with Crippen LogP contribution in [0.1, 0.15) is 5.56 Å². The lowest BCUT2D eigenvalue weighted by Gasteiger charge is -2.35. The zero-order valence-electron chi connectivity index (χ0n) is 16.8. The lowest BCUT2D eigenvalue weighted by molar-refractivity contribution is -0.133. The largest absolute Gasteiger partial charge is 0.486 e. The Kier molecular flexibility index (Phi) is 6.28. The third-order valence-corrected chi connectivity index (χ3v) is 7.81. The number of likely N-dealkylation sites (N-methyl/N-ethyl adjacent to an activating group) is 1. The van der Waals surface area contributed by atoms with Crippen LogP contribution in [0.5, 0.6) is 11.5 Å². The number of rotatable bonds is 6. The van der Waals surface area contributed by atoms with Gasteiger partial charge in [0.2, 0.25) is 15.9 Å². The van der Waals surface area contributed by atoms with Crippen molar-refractivity contribution in [1.29, 1.82) is 0 Å². The maximum Gasteiger partial charge on any atom is 0.243 e. The third kappa shape index (κ3) is 4.61. The highest BCUT2D eigenvalue weighted by Crippen LogP contribution is 2.33. The van der Waals surface area contributed by atoms with Crippen molar-refractivity contribution in [3.8, 4) is 11.5 Å². The van der Waals surface area contributed by atoms with Crippen LogP contribution in [0, 0.1) is 0 Å². The van der Waals surface area contributed by atoms with Gasteiger partial charge in [-0.05, 0) is 41.6 Å². The molecule has 0 bridgehead atoms. The summed E-state index contributed by atoms with van der Waals surface area (Å²) < 4.78 is 38.4. The molecule has 2 aliphatic rings. The smallest absolute Gasteiger partial charge is 0.243 e. The van der Waals surface area contributed by atoms with Gasteiger partial charge >= 0.3 is 0 Å². The van der Waals surface area contributed by atoms with E-state index in [4.69, 9.17) is 9.47 Å². The van der Waals surface area contributed by atoms with Crippen LogP contribution in [0.2, 0.25) is 0 Å². The Hall–Kier alpha value is -2.14. The predicted octanol–water partition coefficient (Wildman–Crippen LogP) is 1.48. The number of amides is 1. The van der Waals surface area contributed by atoms with Gasteiger partial charge in [-0.15, -0.1) is 0 Å². The number of piperazine rings is 1. The van der Waals surface area contributed by atoms with E-state index in [-0.39, 0.29) is 23.9 Å². The number of benzene rings is 1. The Morgan fingerprint density at radius 3 is 2.53 bits per heavy atom. The molecular formula is C20H25N3O5S2. The summed E-state index contributed by atoms with van der Waals surface area (Å²) in [6.07, 6.45) is 0. The molecule has 1 aromatic carbocycles. The summed E-state index contributed by atoms with van der Waals surface area (Å²) in [5, 5.41) is 4.09. The highest BCUT2D eigenvalue weighted by atomic mass is 32.2. The molecule has 1 aromatic heterocycles. The number of thiophene rings is 1. The van der Waals surface area contributed by atoms with E-state index in [1.807, 2.05) is 23.4 Å². The Morgan fingerprint density at radius 1 is 1.10 bits per heavy atom. The molecule has 2 aliphatic heterocycles. The summed E-state index contributed by atoms with van der Waals surface area (Å²) in [5.74, 6) is 1.02. The molecule has 0 atom stereocenters. The first kappa shape index (κ1) is 21.1. The topological polar surface area (TPSA) is 79.4 Å². The second-order valence-corrected chi connectivity index (χ2v) is 10.1. The van der Waals surface area contributed by atoms with Crippen LogP contribution in [0.15, 0.2) is 39.9 Å². The molecule has 0 radical (unpaired) electrons. The maximum atomic E-state index is 13.0. The van der Waals surface area contributed by atoms with Crippen molar-refractivity contribution in [2.24, 2.45) is 0 Å². The van der Waals surface area contributed by atoms with Gasteiger partial charge in [-0.2, -0.15) is 15.6 Å². The molecule has 2 aromatic rings. The number of ether oxygens (including phenoxy) is 2. The van der Waals surface area contributed by atoms with E-state index in [2.05, 4.69) is 5.38 Å². The second-order valence-electron chi connectivity index (χ2n) is 7.39. The molecular weight excluding hydrogens is 426 g/mol. The number of carbonyl (C=O) groups is 1. The van der Waals surface area contributed by atoms with Crippen molar-refractivity contribution in [3.05, 3.63) is 40.6 Å². The molecule has 8 nitrogen and oxygen atoms in total. The molecule has 0 saturated carbocycles. The lowest BCUT2D eigenvalue weighted by Crippen LogP contribution is -2.52. The fraction of sp³-hybridized carbons (Fsp3) is 0.450. The molecule has 3 heterocycles. The SMILES string of the molecule is CN(CC(=O)N1CCN(S(=O)(=O)c2ccc3c(c2)OCCO3)CC1)Cc1ccsc1. The number of sulfonamides is 1. The fourth-order valence-electron chi connectivity index (χ4n) is 3.59. The minimum absolute atomic E-state index is 0.0177. The van der Waals surface area contributed by atoms with Crippen molar-refractivity contribution >= 4 is 27.3 Å². The second kappa shape index (κ2) is 8.93. The summed E-state index contributed by atoms with van der Waals surface area (Å²) in [5.41, 5.74) is 1.19. The van der Waals surface area contributed by atoms with Crippen LogP contribution >= 0.6 is 11.3 Å². The molecule has 0 aliphatic carbocycles. The maximum absolute atomic E-state index is 13.0. The normalized spacial score (nSPS) is 17.3. The first-order valence-corrected chi connectivity index (χ1v) is 12.2. The van der Waals surface area contributed by atoms with Crippen LogP contribution in [0.25, 0.3) is 0 Å². The first-order chi connectivity index (χ1) is 14.4. The minimum atomic E-state index is -3.65. The number of nitrogens with zero attached hydrogens (tertiary/aromatic N) is 3. The van der Waals surface area contributed by atoms with Crippen molar-refractivity contribution in [2.75, 3.05) is 53.0 Å². The quantitative estimate of drug-likeness (QED) is 0.662. The average molecular weight is 452 g/mol. The predicted molar refractivity (Wildman–Crippen MR) is 113 cm³/mol. The van der Waals surface area contributed by atoms with Gasteiger partial charge in [0.25, 0.3) is 0 Å². The first-order valence-electron chi connectivity index (χ1n) is 9.81. The molecule has 4 rings (SSSR count).